The average Bonchev–Trinajstić information content (AvgIpc) is 3.12. The van der Waals surface area contributed by atoms with Crippen molar-refractivity contribution >= 4 is 35.2 Å². The van der Waals surface area contributed by atoms with Gasteiger partial charge in [-0.3, -0.25) is 4.79 Å². The Hall–Kier alpha value is -2.44. The monoisotopic (exact) mass is 419 g/mol. The second-order valence-corrected chi connectivity index (χ2v) is 7.73. The van der Waals surface area contributed by atoms with E-state index in [2.05, 4.69) is 0 Å². The van der Waals surface area contributed by atoms with Gasteiger partial charge in [-0.1, -0.05) is 11.6 Å². The molecule has 0 aliphatic carbocycles. The van der Waals surface area contributed by atoms with Gasteiger partial charge in [0.15, 0.2) is 5.78 Å². The molecule has 0 radical (unpaired) electrons. The van der Waals surface area contributed by atoms with Gasteiger partial charge in [0.05, 0.1) is 5.56 Å². The van der Waals surface area contributed by atoms with E-state index >= 15 is 0 Å². The smallest absolute Gasteiger partial charge is 0.317 e. The molecule has 0 spiro atoms. The molecule has 0 fully saturated rings. The lowest BCUT2D eigenvalue weighted by molar-refractivity contribution is -0.137. The summed E-state index contributed by atoms with van der Waals surface area (Å²) in [5.41, 5.74) is 1.79. The number of rotatable bonds is 2. The number of carbonyl (C=O) groups is 1. The Morgan fingerprint density at radius 3 is 2.54 bits per heavy atom. The van der Waals surface area contributed by atoms with Crippen LogP contribution in [0, 0.1) is 0 Å². The molecule has 0 saturated heterocycles. The summed E-state index contributed by atoms with van der Waals surface area (Å²) in [6, 6.07) is 13.8. The molecule has 1 aliphatic rings. The Labute approximate surface area is 168 Å². The fourth-order valence-corrected chi connectivity index (χ4v) is 4.21. The minimum atomic E-state index is -4.37. The Morgan fingerprint density at radius 2 is 1.82 bits per heavy atom. The molecule has 7 heteroatoms. The molecular formula is C21H13ClF3NOS. The number of fused-ring (bicyclic) bond motifs is 1. The first-order chi connectivity index (χ1) is 13.3. The molecule has 0 unspecified atom stereocenters. The molecule has 0 atom stereocenters. The number of halogens is 4. The number of aromatic nitrogens is 1. The van der Waals surface area contributed by atoms with Crippen molar-refractivity contribution in [2.75, 3.05) is 5.75 Å². The van der Waals surface area contributed by atoms with Crippen LogP contribution in [-0.4, -0.2) is 16.1 Å². The number of thioether (sulfide) groups is 1. The second-order valence-electron chi connectivity index (χ2n) is 6.28. The first-order valence-corrected chi connectivity index (χ1v) is 9.72. The molecule has 0 saturated carbocycles. The van der Waals surface area contributed by atoms with Gasteiger partial charge in [0.1, 0.15) is 0 Å². The number of hydrogen-bond acceptors (Lipinski definition) is 2. The lowest BCUT2D eigenvalue weighted by Crippen LogP contribution is -2.12. The molecule has 2 aromatic carbocycles. The number of hydrogen-bond donors (Lipinski definition) is 0. The number of Topliss-reactive ketones (excluding diaryl/α,β-unsaturated/α-hetero) is 1. The molecule has 0 bridgehead atoms. The number of nitrogens with zero attached hydrogens (tertiary/aromatic N) is 1. The maximum absolute atomic E-state index is 12.8. The molecule has 1 aliphatic heterocycles. The van der Waals surface area contributed by atoms with E-state index < -0.39 is 11.7 Å². The van der Waals surface area contributed by atoms with E-state index in [0.29, 0.717) is 33.3 Å². The highest BCUT2D eigenvalue weighted by Crippen LogP contribution is 2.35. The van der Waals surface area contributed by atoms with Crippen molar-refractivity contribution in [3.05, 3.63) is 88.2 Å². The zero-order valence-electron chi connectivity index (χ0n) is 14.3. The van der Waals surface area contributed by atoms with Gasteiger partial charge >= 0.3 is 6.18 Å². The van der Waals surface area contributed by atoms with Crippen LogP contribution in [0.2, 0.25) is 5.02 Å². The number of benzene rings is 2. The van der Waals surface area contributed by atoms with E-state index in [1.54, 1.807) is 46.8 Å². The molecule has 0 N–H and O–H groups in total. The summed E-state index contributed by atoms with van der Waals surface area (Å²) < 4.78 is 40.1. The lowest BCUT2D eigenvalue weighted by atomic mass is 10.0. The summed E-state index contributed by atoms with van der Waals surface area (Å²) in [7, 11) is 0. The average molecular weight is 420 g/mol. The molecule has 142 valence electrons. The summed E-state index contributed by atoms with van der Waals surface area (Å²) >= 11 is 7.57. The van der Waals surface area contributed by atoms with Gasteiger partial charge in [0.25, 0.3) is 0 Å². The fraction of sp³-hybridized carbons (Fsp3) is 0.0952. The van der Waals surface area contributed by atoms with E-state index in [1.807, 2.05) is 12.1 Å². The largest absolute Gasteiger partial charge is 0.416 e. The Balaban J connectivity index is 1.67. The first kappa shape index (κ1) is 18.9. The summed E-state index contributed by atoms with van der Waals surface area (Å²) in [4.78, 5) is 13.7. The van der Waals surface area contributed by atoms with Crippen molar-refractivity contribution in [1.82, 2.24) is 4.57 Å². The predicted octanol–water partition coefficient (Wildman–Crippen LogP) is 6.52. The van der Waals surface area contributed by atoms with Gasteiger partial charge < -0.3 is 4.57 Å². The van der Waals surface area contributed by atoms with Crippen molar-refractivity contribution in [3.63, 3.8) is 0 Å². The zero-order chi connectivity index (χ0) is 19.9. The van der Waals surface area contributed by atoms with Crippen molar-refractivity contribution < 1.29 is 18.0 Å². The highest BCUT2D eigenvalue weighted by molar-refractivity contribution is 7.99. The molecule has 4 rings (SSSR count). The van der Waals surface area contributed by atoms with E-state index in [9.17, 15) is 18.0 Å². The Kier molecular flexibility index (Phi) is 4.85. The van der Waals surface area contributed by atoms with Crippen molar-refractivity contribution in [3.8, 4) is 5.69 Å². The highest BCUT2D eigenvalue weighted by Gasteiger charge is 2.30. The number of ketones is 1. The first-order valence-electron chi connectivity index (χ1n) is 8.35. The molecular weight excluding hydrogens is 407 g/mol. The van der Waals surface area contributed by atoms with Crippen LogP contribution in [0.5, 0.6) is 0 Å². The van der Waals surface area contributed by atoms with Gasteiger partial charge in [-0.05, 0) is 60.7 Å². The second kappa shape index (κ2) is 7.18. The predicted molar refractivity (Wildman–Crippen MR) is 105 cm³/mol. The quantitative estimate of drug-likeness (QED) is 0.441. The maximum Gasteiger partial charge on any atom is 0.416 e. The van der Waals surface area contributed by atoms with Crippen molar-refractivity contribution in [2.45, 2.75) is 11.1 Å². The summed E-state index contributed by atoms with van der Waals surface area (Å²) in [5, 5.41) is 0.502. The van der Waals surface area contributed by atoms with Crippen LogP contribution in [0.15, 0.2) is 71.3 Å². The number of alkyl halides is 3. The molecule has 3 aromatic rings. The van der Waals surface area contributed by atoms with Gasteiger partial charge in [-0.2, -0.15) is 13.2 Å². The van der Waals surface area contributed by atoms with Crippen molar-refractivity contribution in [1.29, 1.82) is 0 Å². The minimum absolute atomic E-state index is 0.0866. The summed E-state index contributed by atoms with van der Waals surface area (Å²) in [5.74, 6) is 0.433. The third-order valence-electron chi connectivity index (χ3n) is 4.44. The van der Waals surface area contributed by atoms with Crippen LogP contribution >= 0.6 is 23.4 Å². The lowest BCUT2D eigenvalue weighted by Gasteiger charge is -2.17. The molecule has 1 aromatic heterocycles. The standard InChI is InChI=1S/C21H13ClF3NOS/c22-15-5-8-19-18(11-15)20(27)13(12-28-19)10-17-2-1-9-26(17)16-6-3-14(4-7-16)21(23,24)25/h1-11H,12H2/b13-10+. The summed E-state index contributed by atoms with van der Waals surface area (Å²) in [6.07, 6.45) is -0.850. The minimum Gasteiger partial charge on any atom is -0.317 e. The number of carbonyl (C=O) groups excluding carboxylic acids is 1. The van der Waals surface area contributed by atoms with Crippen LogP contribution in [0.3, 0.4) is 0 Å². The van der Waals surface area contributed by atoms with Gasteiger partial charge in [0, 0.05) is 44.4 Å². The molecule has 2 nitrogen and oxygen atoms in total. The third kappa shape index (κ3) is 3.62. The van der Waals surface area contributed by atoms with E-state index in [4.69, 9.17) is 11.6 Å². The highest BCUT2D eigenvalue weighted by atomic mass is 35.5. The van der Waals surface area contributed by atoms with Crippen LogP contribution < -0.4 is 0 Å². The van der Waals surface area contributed by atoms with Crippen molar-refractivity contribution in [2.24, 2.45) is 0 Å². The van der Waals surface area contributed by atoms with Crippen LogP contribution in [0.25, 0.3) is 11.8 Å². The maximum atomic E-state index is 12.8. The van der Waals surface area contributed by atoms with Gasteiger partial charge in [-0.25, -0.2) is 0 Å². The Bertz CT molecular complexity index is 1080. The normalized spacial score (nSPS) is 15.7. The zero-order valence-corrected chi connectivity index (χ0v) is 15.9. The topological polar surface area (TPSA) is 22.0 Å². The van der Waals surface area contributed by atoms with E-state index in [-0.39, 0.29) is 5.78 Å². The molecule has 28 heavy (non-hydrogen) atoms. The van der Waals surface area contributed by atoms with Crippen LogP contribution in [-0.2, 0) is 6.18 Å². The SMILES string of the molecule is O=C1/C(=C/c2cccn2-c2ccc(C(F)(F)F)cc2)CSc2ccc(Cl)cc21. The van der Waals surface area contributed by atoms with Crippen LogP contribution in [0.1, 0.15) is 21.6 Å². The third-order valence-corrected chi connectivity index (χ3v) is 5.79. The fourth-order valence-electron chi connectivity index (χ4n) is 3.04. The van der Waals surface area contributed by atoms with Gasteiger partial charge in [-0.15, -0.1) is 11.8 Å². The van der Waals surface area contributed by atoms with E-state index in [0.717, 1.165) is 17.0 Å². The summed E-state index contributed by atoms with van der Waals surface area (Å²) in [6.45, 7) is 0. The van der Waals surface area contributed by atoms with Gasteiger partial charge in [0.2, 0.25) is 0 Å². The molecule has 0 amide bonds. The molecule has 2 heterocycles. The van der Waals surface area contributed by atoms with E-state index in [1.165, 1.54) is 12.1 Å². The Morgan fingerprint density at radius 1 is 1.07 bits per heavy atom. The van der Waals surface area contributed by atoms with Crippen LogP contribution in [0.4, 0.5) is 13.2 Å².